The summed E-state index contributed by atoms with van der Waals surface area (Å²) in [4.78, 5) is 17.2. The summed E-state index contributed by atoms with van der Waals surface area (Å²) >= 11 is 2.08. The Hall–Kier alpha value is -1.01. The lowest BCUT2D eigenvalue weighted by Gasteiger charge is -2.40. The average Bonchev–Trinajstić information content (AvgIpc) is 2.86. The molecule has 1 amide bonds. The van der Waals surface area contributed by atoms with Gasteiger partial charge >= 0.3 is 0 Å². The summed E-state index contributed by atoms with van der Waals surface area (Å²) in [6.45, 7) is 8.01. The van der Waals surface area contributed by atoms with Crippen molar-refractivity contribution in [2.24, 2.45) is 7.05 Å². The number of aryl methyl sites for hydroxylation is 2. The van der Waals surface area contributed by atoms with Crippen LogP contribution in [0, 0.1) is 13.8 Å². The molecule has 0 saturated carbocycles. The summed E-state index contributed by atoms with van der Waals surface area (Å²) < 4.78 is 1.91. The van der Waals surface area contributed by atoms with Crippen LogP contribution in [-0.4, -0.2) is 69.2 Å². The standard InChI is InChI=1S/C18H30N4OS/c1-14-17(15(2)20(3)19-14)4-5-18(23)22-10-8-21(9-11-22)16-6-12-24-13-7-16/h16H,4-13H2,1-3H3. The Morgan fingerprint density at radius 1 is 1.17 bits per heavy atom. The van der Waals surface area contributed by atoms with Gasteiger partial charge in [-0.05, 0) is 50.2 Å². The molecule has 3 heterocycles. The van der Waals surface area contributed by atoms with E-state index in [4.69, 9.17) is 0 Å². The molecule has 2 aliphatic rings. The van der Waals surface area contributed by atoms with E-state index in [1.165, 1.54) is 35.6 Å². The smallest absolute Gasteiger partial charge is 0.222 e. The number of carbonyl (C=O) groups excluding carboxylic acids is 1. The van der Waals surface area contributed by atoms with Crippen molar-refractivity contribution in [1.82, 2.24) is 19.6 Å². The summed E-state index contributed by atoms with van der Waals surface area (Å²) in [6, 6.07) is 0.754. The SMILES string of the molecule is Cc1nn(C)c(C)c1CCC(=O)N1CCN(C2CCSCC2)CC1. The zero-order chi connectivity index (χ0) is 17.1. The Labute approximate surface area is 149 Å². The molecule has 2 saturated heterocycles. The van der Waals surface area contributed by atoms with E-state index in [0.29, 0.717) is 12.3 Å². The van der Waals surface area contributed by atoms with Gasteiger partial charge in [-0.1, -0.05) is 0 Å². The number of carbonyl (C=O) groups is 1. The predicted octanol–water partition coefficient (Wildman–Crippen LogP) is 2.01. The van der Waals surface area contributed by atoms with Crippen molar-refractivity contribution in [2.45, 2.75) is 45.6 Å². The fourth-order valence-electron chi connectivity index (χ4n) is 3.96. The maximum Gasteiger partial charge on any atom is 0.222 e. The number of amides is 1. The minimum atomic E-state index is 0.302. The van der Waals surface area contributed by atoms with Crippen LogP contribution in [0.15, 0.2) is 0 Å². The molecule has 134 valence electrons. The molecule has 0 aliphatic carbocycles. The highest BCUT2D eigenvalue weighted by molar-refractivity contribution is 7.99. The molecule has 0 radical (unpaired) electrons. The molecule has 0 bridgehead atoms. The van der Waals surface area contributed by atoms with Gasteiger partial charge in [0.15, 0.2) is 0 Å². The minimum absolute atomic E-state index is 0.302. The molecule has 0 N–H and O–H groups in total. The molecular weight excluding hydrogens is 320 g/mol. The average molecular weight is 351 g/mol. The van der Waals surface area contributed by atoms with E-state index in [1.54, 1.807) is 0 Å². The quantitative estimate of drug-likeness (QED) is 0.833. The molecule has 3 rings (SSSR count). The van der Waals surface area contributed by atoms with Crippen molar-refractivity contribution in [2.75, 3.05) is 37.7 Å². The van der Waals surface area contributed by atoms with Crippen LogP contribution in [0.5, 0.6) is 0 Å². The van der Waals surface area contributed by atoms with Crippen LogP contribution in [0.25, 0.3) is 0 Å². The molecule has 0 aromatic carbocycles. The number of thioether (sulfide) groups is 1. The van der Waals surface area contributed by atoms with Gasteiger partial charge < -0.3 is 4.90 Å². The van der Waals surface area contributed by atoms with E-state index in [1.807, 2.05) is 18.7 Å². The lowest BCUT2D eigenvalue weighted by molar-refractivity contribution is -0.133. The highest BCUT2D eigenvalue weighted by Crippen LogP contribution is 2.23. The Morgan fingerprint density at radius 3 is 2.42 bits per heavy atom. The summed E-state index contributed by atoms with van der Waals surface area (Å²) in [5, 5.41) is 4.45. The third kappa shape index (κ3) is 3.97. The summed E-state index contributed by atoms with van der Waals surface area (Å²) in [5.74, 6) is 2.90. The molecule has 6 heteroatoms. The molecule has 2 aliphatic heterocycles. The maximum absolute atomic E-state index is 12.6. The first-order chi connectivity index (χ1) is 11.6. The van der Waals surface area contributed by atoms with Crippen LogP contribution in [0.1, 0.15) is 36.2 Å². The van der Waals surface area contributed by atoms with Crippen molar-refractivity contribution in [3.05, 3.63) is 17.0 Å². The number of hydrogen-bond donors (Lipinski definition) is 0. The van der Waals surface area contributed by atoms with E-state index in [0.717, 1.165) is 44.3 Å². The fourth-order valence-corrected chi connectivity index (χ4v) is 5.04. The number of hydrogen-bond acceptors (Lipinski definition) is 4. The Kier molecular flexibility index (Phi) is 5.87. The maximum atomic E-state index is 12.6. The molecule has 5 nitrogen and oxygen atoms in total. The largest absolute Gasteiger partial charge is 0.340 e. The molecule has 1 aromatic heterocycles. The zero-order valence-corrected chi connectivity index (χ0v) is 16.1. The van der Waals surface area contributed by atoms with Crippen LogP contribution in [-0.2, 0) is 18.3 Å². The van der Waals surface area contributed by atoms with Gasteiger partial charge in [0.2, 0.25) is 5.91 Å². The van der Waals surface area contributed by atoms with Crippen molar-refractivity contribution in [3.8, 4) is 0 Å². The Bertz CT molecular complexity index is 572. The molecule has 2 fully saturated rings. The van der Waals surface area contributed by atoms with Crippen LogP contribution in [0.3, 0.4) is 0 Å². The van der Waals surface area contributed by atoms with Gasteiger partial charge in [-0.3, -0.25) is 14.4 Å². The first-order valence-corrected chi connectivity index (χ1v) is 10.3. The van der Waals surface area contributed by atoms with Gasteiger partial charge in [0.1, 0.15) is 0 Å². The van der Waals surface area contributed by atoms with E-state index in [9.17, 15) is 4.79 Å². The van der Waals surface area contributed by atoms with Crippen molar-refractivity contribution in [3.63, 3.8) is 0 Å². The summed E-state index contributed by atoms with van der Waals surface area (Å²) in [6.07, 6.45) is 4.05. The number of nitrogens with zero attached hydrogens (tertiary/aromatic N) is 4. The van der Waals surface area contributed by atoms with E-state index in [-0.39, 0.29) is 0 Å². The van der Waals surface area contributed by atoms with E-state index < -0.39 is 0 Å². The molecule has 0 spiro atoms. The monoisotopic (exact) mass is 350 g/mol. The summed E-state index contributed by atoms with van der Waals surface area (Å²) in [5.41, 5.74) is 3.48. The van der Waals surface area contributed by atoms with Gasteiger partial charge in [0.25, 0.3) is 0 Å². The Balaban J connectivity index is 1.46. The van der Waals surface area contributed by atoms with Crippen LogP contribution in [0.4, 0.5) is 0 Å². The third-order valence-corrected chi connectivity index (χ3v) is 6.67. The second-order valence-corrected chi connectivity index (χ2v) is 8.26. The predicted molar refractivity (Wildman–Crippen MR) is 99.5 cm³/mol. The van der Waals surface area contributed by atoms with Gasteiger partial charge in [-0.2, -0.15) is 16.9 Å². The molecule has 0 unspecified atom stereocenters. The van der Waals surface area contributed by atoms with Crippen LogP contribution >= 0.6 is 11.8 Å². The molecule has 24 heavy (non-hydrogen) atoms. The van der Waals surface area contributed by atoms with Gasteiger partial charge in [-0.25, -0.2) is 0 Å². The normalized spacial score (nSPS) is 20.5. The molecule has 1 aromatic rings. The first kappa shape index (κ1) is 17.8. The van der Waals surface area contributed by atoms with Gasteiger partial charge in [0, 0.05) is 51.4 Å². The van der Waals surface area contributed by atoms with Gasteiger partial charge in [0.05, 0.1) is 5.69 Å². The molecule has 0 atom stereocenters. The van der Waals surface area contributed by atoms with Crippen molar-refractivity contribution >= 4 is 17.7 Å². The number of aromatic nitrogens is 2. The highest BCUT2D eigenvalue weighted by Gasteiger charge is 2.27. The molecular formula is C18H30N4OS. The third-order valence-electron chi connectivity index (χ3n) is 5.62. The van der Waals surface area contributed by atoms with Crippen molar-refractivity contribution in [1.29, 1.82) is 0 Å². The zero-order valence-electron chi connectivity index (χ0n) is 15.3. The van der Waals surface area contributed by atoms with Gasteiger partial charge in [-0.15, -0.1) is 0 Å². The lowest BCUT2D eigenvalue weighted by Crippen LogP contribution is -2.52. The number of rotatable bonds is 4. The summed E-state index contributed by atoms with van der Waals surface area (Å²) in [7, 11) is 1.97. The lowest BCUT2D eigenvalue weighted by atomic mass is 10.1. The topological polar surface area (TPSA) is 41.4 Å². The van der Waals surface area contributed by atoms with Crippen LogP contribution in [0.2, 0.25) is 0 Å². The van der Waals surface area contributed by atoms with Crippen molar-refractivity contribution < 1.29 is 4.79 Å². The van der Waals surface area contributed by atoms with E-state index >= 15 is 0 Å². The fraction of sp³-hybridized carbons (Fsp3) is 0.778. The first-order valence-electron chi connectivity index (χ1n) is 9.15. The minimum Gasteiger partial charge on any atom is -0.340 e. The second-order valence-electron chi connectivity index (χ2n) is 7.03. The number of piperazine rings is 1. The highest BCUT2D eigenvalue weighted by atomic mass is 32.2. The van der Waals surface area contributed by atoms with Crippen LogP contribution < -0.4 is 0 Å². The van der Waals surface area contributed by atoms with E-state index in [2.05, 4.69) is 33.6 Å². The second kappa shape index (κ2) is 7.91. The Morgan fingerprint density at radius 2 is 1.83 bits per heavy atom.